The monoisotopic (exact) mass is 719 g/mol. The quantitative estimate of drug-likeness (QED) is 0.176. The summed E-state index contributed by atoms with van der Waals surface area (Å²) in [6, 6.07) is 64.6. The molecule has 0 saturated heterocycles. The van der Waals surface area contributed by atoms with E-state index in [9.17, 15) is 0 Å². The van der Waals surface area contributed by atoms with Crippen molar-refractivity contribution in [1.82, 2.24) is 0 Å². The van der Waals surface area contributed by atoms with Gasteiger partial charge in [0, 0.05) is 44.1 Å². The van der Waals surface area contributed by atoms with Gasteiger partial charge in [0.25, 0.3) is 0 Å². The molecule has 0 atom stereocenters. The molecule has 11 rings (SSSR count). The van der Waals surface area contributed by atoms with Gasteiger partial charge in [-0.15, -0.1) is 0 Å². The fourth-order valence-electron chi connectivity index (χ4n) is 9.92. The number of fused-ring (bicyclic) bond motifs is 9. The van der Waals surface area contributed by atoms with Gasteiger partial charge in [-0.3, -0.25) is 0 Å². The zero-order valence-corrected chi connectivity index (χ0v) is 32.1. The third-order valence-electron chi connectivity index (χ3n) is 12.7. The lowest BCUT2D eigenvalue weighted by atomic mass is 9.82. The molecule has 8 aromatic carbocycles. The molecule has 0 bridgehead atoms. The standard InChI is InChI=1S/C54H41NO/c1-53(2)44-22-12-8-18-38(44)40-28-26-35(32-46(40)53)55(36-27-29-41-39-19-9-13-23-45(39)54(3,4)47(41)33-36)48-24-14-10-20-42(48)51-37(34-16-6-5-7-17-34)30-31-50-52(51)43-21-11-15-25-49(43)56-50/h5-33H,1-4H3. The molecule has 0 aliphatic heterocycles. The average molecular weight is 720 g/mol. The Morgan fingerprint density at radius 1 is 0.393 bits per heavy atom. The lowest BCUT2D eigenvalue weighted by Crippen LogP contribution is -2.18. The summed E-state index contributed by atoms with van der Waals surface area (Å²) in [5, 5.41) is 2.25. The molecule has 2 heteroatoms. The first kappa shape index (κ1) is 32.8. The van der Waals surface area contributed by atoms with Crippen molar-refractivity contribution in [3.8, 4) is 44.5 Å². The van der Waals surface area contributed by atoms with Crippen LogP contribution in [-0.2, 0) is 10.8 Å². The van der Waals surface area contributed by atoms with E-state index < -0.39 is 0 Å². The van der Waals surface area contributed by atoms with Gasteiger partial charge >= 0.3 is 0 Å². The van der Waals surface area contributed by atoms with Crippen LogP contribution in [0.15, 0.2) is 180 Å². The normalized spacial score (nSPS) is 14.4. The molecule has 0 N–H and O–H groups in total. The van der Waals surface area contributed by atoms with Crippen LogP contribution in [0.3, 0.4) is 0 Å². The molecule has 1 aromatic heterocycles. The van der Waals surface area contributed by atoms with Gasteiger partial charge in [0.2, 0.25) is 0 Å². The second kappa shape index (κ2) is 11.9. The van der Waals surface area contributed by atoms with Gasteiger partial charge in [-0.1, -0.05) is 161 Å². The second-order valence-corrected chi connectivity index (χ2v) is 16.5. The van der Waals surface area contributed by atoms with Crippen molar-refractivity contribution in [2.45, 2.75) is 38.5 Å². The molecule has 2 nitrogen and oxygen atoms in total. The van der Waals surface area contributed by atoms with Crippen LogP contribution in [0.4, 0.5) is 17.1 Å². The van der Waals surface area contributed by atoms with Crippen molar-refractivity contribution in [3.63, 3.8) is 0 Å². The number of nitrogens with zero attached hydrogens (tertiary/aromatic N) is 1. The van der Waals surface area contributed by atoms with E-state index in [0.717, 1.165) is 44.6 Å². The molecule has 1 heterocycles. The molecule has 0 spiro atoms. The smallest absolute Gasteiger partial charge is 0.136 e. The molecular weight excluding hydrogens is 679 g/mol. The van der Waals surface area contributed by atoms with Crippen molar-refractivity contribution in [1.29, 1.82) is 0 Å². The van der Waals surface area contributed by atoms with Crippen LogP contribution in [0.2, 0.25) is 0 Å². The van der Waals surface area contributed by atoms with Gasteiger partial charge in [0.1, 0.15) is 11.2 Å². The Labute approximate surface area is 328 Å². The van der Waals surface area contributed by atoms with Gasteiger partial charge in [0.15, 0.2) is 0 Å². The zero-order valence-electron chi connectivity index (χ0n) is 32.1. The summed E-state index contributed by atoms with van der Waals surface area (Å²) in [7, 11) is 0. The highest BCUT2D eigenvalue weighted by Gasteiger charge is 2.38. The Balaban J connectivity index is 1.21. The van der Waals surface area contributed by atoms with E-state index in [0.29, 0.717) is 0 Å². The first-order valence-electron chi connectivity index (χ1n) is 19.7. The summed E-state index contributed by atoms with van der Waals surface area (Å²) < 4.78 is 6.57. The molecule has 2 aliphatic carbocycles. The number of hydrogen-bond donors (Lipinski definition) is 0. The van der Waals surface area contributed by atoms with E-state index in [1.54, 1.807) is 0 Å². The highest BCUT2D eigenvalue weighted by molar-refractivity contribution is 6.17. The van der Waals surface area contributed by atoms with E-state index in [-0.39, 0.29) is 10.8 Å². The zero-order chi connectivity index (χ0) is 37.8. The minimum atomic E-state index is -0.142. The fourth-order valence-corrected chi connectivity index (χ4v) is 9.92. The summed E-state index contributed by atoms with van der Waals surface area (Å²) >= 11 is 0. The van der Waals surface area contributed by atoms with Gasteiger partial charge in [0.05, 0.1) is 5.69 Å². The Morgan fingerprint density at radius 3 is 1.54 bits per heavy atom. The van der Waals surface area contributed by atoms with Gasteiger partial charge in [-0.05, 0) is 98.1 Å². The fraction of sp³-hybridized carbons (Fsp3) is 0.111. The van der Waals surface area contributed by atoms with E-state index in [4.69, 9.17) is 4.42 Å². The van der Waals surface area contributed by atoms with Crippen molar-refractivity contribution >= 4 is 39.0 Å². The average Bonchev–Trinajstić information content (AvgIpc) is 3.81. The van der Waals surface area contributed by atoms with Gasteiger partial charge in [-0.2, -0.15) is 0 Å². The van der Waals surface area contributed by atoms with Crippen molar-refractivity contribution in [2.24, 2.45) is 0 Å². The molecule has 56 heavy (non-hydrogen) atoms. The van der Waals surface area contributed by atoms with Crippen molar-refractivity contribution in [3.05, 3.63) is 198 Å². The lowest BCUT2D eigenvalue weighted by Gasteiger charge is -2.31. The van der Waals surface area contributed by atoms with E-state index in [2.05, 4.69) is 209 Å². The summed E-state index contributed by atoms with van der Waals surface area (Å²) in [5.74, 6) is 0. The molecule has 0 unspecified atom stereocenters. The van der Waals surface area contributed by atoms with Gasteiger partial charge in [-0.25, -0.2) is 0 Å². The first-order chi connectivity index (χ1) is 27.3. The summed E-state index contributed by atoms with van der Waals surface area (Å²) in [6.45, 7) is 9.47. The van der Waals surface area contributed by atoms with Crippen molar-refractivity contribution < 1.29 is 4.42 Å². The Kier molecular flexibility index (Phi) is 6.98. The minimum Gasteiger partial charge on any atom is -0.456 e. The maximum absolute atomic E-state index is 6.57. The van der Waals surface area contributed by atoms with Gasteiger partial charge < -0.3 is 9.32 Å². The molecule has 0 radical (unpaired) electrons. The highest BCUT2D eigenvalue weighted by Crippen LogP contribution is 2.55. The van der Waals surface area contributed by atoms with Crippen LogP contribution in [0.25, 0.3) is 66.4 Å². The number of rotatable bonds is 5. The van der Waals surface area contributed by atoms with Crippen LogP contribution in [-0.4, -0.2) is 0 Å². The molecule has 2 aliphatic rings. The topological polar surface area (TPSA) is 16.4 Å². The maximum atomic E-state index is 6.57. The minimum absolute atomic E-state index is 0.142. The van der Waals surface area contributed by atoms with Crippen molar-refractivity contribution in [2.75, 3.05) is 4.90 Å². The summed E-state index contributed by atoms with van der Waals surface area (Å²) in [5.41, 5.74) is 20.3. The largest absolute Gasteiger partial charge is 0.456 e. The molecule has 9 aromatic rings. The molecule has 0 amide bonds. The molecular formula is C54H41NO. The predicted molar refractivity (Wildman–Crippen MR) is 234 cm³/mol. The van der Waals surface area contributed by atoms with Crippen LogP contribution < -0.4 is 4.90 Å². The number of furan rings is 1. The Morgan fingerprint density at radius 2 is 0.893 bits per heavy atom. The highest BCUT2D eigenvalue weighted by atomic mass is 16.3. The van der Waals surface area contributed by atoms with E-state index >= 15 is 0 Å². The number of hydrogen-bond acceptors (Lipinski definition) is 2. The predicted octanol–water partition coefficient (Wildman–Crippen LogP) is 15.0. The Bertz CT molecular complexity index is 2930. The molecule has 0 saturated carbocycles. The third-order valence-corrected chi connectivity index (χ3v) is 12.7. The lowest BCUT2D eigenvalue weighted by molar-refractivity contribution is 0.660. The number of benzene rings is 8. The van der Waals surface area contributed by atoms with E-state index in [1.165, 1.54) is 61.2 Å². The molecule has 0 fully saturated rings. The third kappa shape index (κ3) is 4.62. The first-order valence-corrected chi connectivity index (χ1v) is 19.7. The summed E-state index contributed by atoms with van der Waals surface area (Å²) in [4.78, 5) is 2.50. The van der Waals surface area contributed by atoms with Crippen LogP contribution in [0, 0.1) is 0 Å². The number of anilines is 3. The summed E-state index contributed by atoms with van der Waals surface area (Å²) in [6.07, 6.45) is 0. The maximum Gasteiger partial charge on any atom is 0.136 e. The number of para-hydroxylation sites is 2. The van der Waals surface area contributed by atoms with Crippen LogP contribution in [0.1, 0.15) is 49.9 Å². The SMILES string of the molecule is CC1(C)c2ccccc2-c2ccc(N(c3ccc4c(c3)C(C)(C)c3ccccc3-4)c3ccccc3-c3c(-c4ccccc4)ccc4oc5ccccc5c34)cc21. The Hall–Kier alpha value is -6.64. The van der Waals surface area contributed by atoms with Crippen LogP contribution in [0.5, 0.6) is 0 Å². The molecule has 268 valence electrons. The van der Waals surface area contributed by atoms with E-state index in [1.807, 2.05) is 0 Å². The van der Waals surface area contributed by atoms with Crippen LogP contribution >= 0.6 is 0 Å². The second-order valence-electron chi connectivity index (χ2n) is 16.5.